The molecule has 0 spiro atoms. The zero-order valence-electron chi connectivity index (χ0n) is 17.6. The van der Waals surface area contributed by atoms with E-state index in [0.29, 0.717) is 28.5 Å². The molecule has 152 valence electrons. The van der Waals surface area contributed by atoms with Gasteiger partial charge in [0.1, 0.15) is 0 Å². The van der Waals surface area contributed by atoms with Gasteiger partial charge >= 0.3 is 0 Å². The Morgan fingerprint density at radius 1 is 0.897 bits per heavy atom. The van der Waals surface area contributed by atoms with Crippen LogP contribution in [-0.2, 0) is 0 Å². The van der Waals surface area contributed by atoms with Crippen LogP contribution in [-0.4, -0.2) is 31.8 Å². The zero-order valence-corrected chi connectivity index (χ0v) is 17.6. The SMILES string of the molecule is COc1ccc(NC(=O)c2cc(C)n(-c3cccc(C)c3)c2C)c(OC)c1OC. The Bertz CT molecular complexity index is 1050. The highest BCUT2D eigenvalue weighted by Gasteiger charge is 2.21. The van der Waals surface area contributed by atoms with Crippen LogP contribution < -0.4 is 19.5 Å². The lowest BCUT2D eigenvalue weighted by molar-refractivity contribution is 0.102. The van der Waals surface area contributed by atoms with E-state index in [1.807, 2.05) is 32.0 Å². The molecule has 1 heterocycles. The first-order valence-corrected chi connectivity index (χ1v) is 9.27. The summed E-state index contributed by atoms with van der Waals surface area (Å²) in [6, 6.07) is 13.5. The lowest BCUT2D eigenvalue weighted by atomic mass is 10.2. The minimum Gasteiger partial charge on any atom is -0.493 e. The van der Waals surface area contributed by atoms with Crippen molar-refractivity contribution in [2.24, 2.45) is 0 Å². The second kappa shape index (κ2) is 8.31. The van der Waals surface area contributed by atoms with Crippen LogP contribution in [0.25, 0.3) is 5.69 Å². The molecule has 0 atom stereocenters. The molecule has 0 bridgehead atoms. The molecule has 0 saturated heterocycles. The standard InChI is InChI=1S/C23H26N2O4/c1-14-8-7-9-17(12-14)25-15(2)13-18(16(25)3)23(26)24-19-10-11-20(27-4)22(29-6)21(19)28-5/h7-13H,1-6H3,(H,24,26). The second-order valence-corrected chi connectivity index (χ2v) is 6.80. The van der Waals surface area contributed by atoms with Crippen molar-refractivity contribution in [2.45, 2.75) is 20.8 Å². The summed E-state index contributed by atoms with van der Waals surface area (Å²) < 4.78 is 18.2. The molecule has 0 aliphatic carbocycles. The Kier molecular flexibility index (Phi) is 5.82. The molecule has 0 fully saturated rings. The third-order valence-corrected chi connectivity index (χ3v) is 4.89. The molecule has 3 aromatic rings. The van der Waals surface area contributed by atoms with Crippen LogP contribution in [0.15, 0.2) is 42.5 Å². The topological polar surface area (TPSA) is 61.7 Å². The number of hydrogen-bond donors (Lipinski definition) is 1. The number of aromatic nitrogens is 1. The van der Waals surface area contributed by atoms with E-state index in [4.69, 9.17) is 14.2 Å². The number of carbonyl (C=O) groups excluding carboxylic acids is 1. The highest BCUT2D eigenvalue weighted by molar-refractivity contribution is 6.06. The maximum Gasteiger partial charge on any atom is 0.257 e. The highest BCUT2D eigenvalue weighted by Crippen LogP contribution is 2.42. The minimum absolute atomic E-state index is 0.220. The number of amides is 1. The largest absolute Gasteiger partial charge is 0.493 e. The van der Waals surface area contributed by atoms with Gasteiger partial charge in [0.15, 0.2) is 11.5 Å². The summed E-state index contributed by atoms with van der Waals surface area (Å²) in [6.07, 6.45) is 0. The van der Waals surface area contributed by atoms with Crippen LogP contribution in [0.1, 0.15) is 27.3 Å². The molecule has 0 saturated carbocycles. The van der Waals surface area contributed by atoms with Crippen LogP contribution >= 0.6 is 0 Å². The average Bonchev–Trinajstić information content (AvgIpc) is 3.01. The van der Waals surface area contributed by atoms with Crippen LogP contribution in [0.3, 0.4) is 0 Å². The molecule has 0 radical (unpaired) electrons. The monoisotopic (exact) mass is 394 g/mol. The van der Waals surface area contributed by atoms with Gasteiger partial charge in [-0.3, -0.25) is 4.79 Å². The fourth-order valence-corrected chi connectivity index (χ4v) is 3.55. The molecule has 29 heavy (non-hydrogen) atoms. The summed E-state index contributed by atoms with van der Waals surface area (Å²) in [5, 5.41) is 2.94. The number of anilines is 1. The molecule has 1 aromatic heterocycles. The number of nitrogens with one attached hydrogen (secondary N) is 1. The van der Waals surface area contributed by atoms with E-state index in [1.54, 1.807) is 19.2 Å². The van der Waals surface area contributed by atoms with Gasteiger partial charge in [-0.15, -0.1) is 0 Å². The van der Waals surface area contributed by atoms with E-state index >= 15 is 0 Å². The van der Waals surface area contributed by atoms with Crippen molar-refractivity contribution in [3.05, 3.63) is 65.0 Å². The number of benzene rings is 2. The first-order valence-electron chi connectivity index (χ1n) is 9.27. The number of rotatable bonds is 6. The van der Waals surface area contributed by atoms with Gasteiger partial charge < -0.3 is 24.1 Å². The fourth-order valence-electron chi connectivity index (χ4n) is 3.55. The predicted octanol–water partition coefficient (Wildman–Crippen LogP) is 4.68. The minimum atomic E-state index is -0.220. The van der Waals surface area contributed by atoms with Crippen LogP contribution in [0.2, 0.25) is 0 Å². The first kappa shape index (κ1) is 20.3. The van der Waals surface area contributed by atoms with Gasteiger partial charge in [-0.25, -0.2) is 0 Å². The normalized spacial score (nSPS) is 10.6. The molecule has 0 aliphatic heterocycles. The number of nitrogens with zero attached hydrogens (tertiary/aromatic N) is 1. The van der Waals surface area contributed by atoms with E-state index in [9.17, 15) is 4.79 Å². The van der Waals surface area contributed by atoms with Gasteiger partial charge in [-0.1, -0.05) is 12.1 Å². The molecule has 2 aromatic carbocycles. The summed E-state index contributed by atoms with van der Waals surface area (Å²) >= 11 is 0. The maximum atomic E-state index is 13.1. The molecule has 1 amide bonds. The van der Waals surface area contributed by atoms with Gasteiger partial charge in [0, 0.05) is 17.1 Å². The van der Waals surface area contributed by atoms with Crippen LogP contribution in [0.4, 0.5) is 5.69 Å². The molecule has 6 heteroatoms. The van der Waals surface area contributed by atoms with Crippen molar-refractivity contribution in [3.63, 3.8) is 0 Å². The number of carbonyl (C=O) groups is 1. The van der Waals surface area contributed by atoms with Crippen molar-refractivity contribution in [3.8, 4) is 22.9 Å². The molecule has 3 rings (SSSR count). The lowest BCUT2D eigenvalue weighted by Crippen LogP contribution is -2.14. The zero-order chi connectivity index (χ0) is 21.1. The van der Waals surface area contributed by atoms with Crippen LogP contribution in [0.5, 0.6) is 17.2 Å². The third-order valence-electron chi connectivity index (χ3n) is 4.89. The van der Waals surface area contributed by atoms with Gasteiger partial charge in [-0.2, -0.15) is 0 Å². The van der Waals surface area contributed by atoms with Gasteiger partial charge in [0.25, 0.3) is 5.91 Å². The van der Waals surface area contributed by atoms with E-state index in [2.05, 4.69) is 28.9 Å². The van der Waals surface area contributed by atoms with Crippen molar-refractivity contribution >= 4 is 11.6 Å². The summed E-state index contributed by atoms with van der Waals surface area (Å²) in [5.41, 5.74) is 5.15. The Balaban J connectivity index is 1.98. The molecule has 6 nitrogen and oxygen atoms in total. The fraction of sp³-hybridized carbons (Fsp3) is 0.261. The summed E-state index contributed by atoms with van der Waals surface area (Å²) in [7, 11) is 4.60. The molecule has 0 aliphatic rings. The van der Waals surface area contributed by atoms with E-state index in [1.165, 1.54) is 14.2 Å². The Hall–Kier alpha value is -3.41. The van der Waals surface area contributed by atoms with E-state index < -0.39 is 0 Å². The highest BCUT2D eigenvalue weighted by atomic mass is 16.5. The van der Waals surface area contributed by atoms with Gasteiger partial charge in [-0.05, 0) is 56.7 Å². The molecular weight excluding hydrogens is 368 g/mol. The third kappa shape index (κ3) is 3.78. The average molecular weight is 394 g/mol. The van der Waals surface area contributed by atoms with Gasteiger partial charge in [0.2, 0.25) is 5.75 Å². The van der Waals surface area contributed by atoms with Crippen molar-refractivity contribution < 1.29 is 19.0 Å². The molecule has 0 unspecified atom stereocenters. The number of methoxy groups -OCH3 is 3. The van der Waals surface area contributed by atoms with E-state index in [0.717, 1.165) is 22.6 Å². The van der Waals surface area contributed by atoms with Crippen molar-refractivity contribution in [1.82, 2.24) is 4.57 Å². The smallest absolute Gasteiger partial charge is 0.257 e. The number of hydrogen-bond acceptors (Lipinski definition) is 4. The van der Waals surface area contributed by atoms with Crippen molar-refractivity contribution in [2.75, 3.05) is 26.6 Å². The van der Waals surface area contributed by atoms with Crippen molar-refractivity contribution in [1.29, 1.82) is 0 Å². The van der Waals surface area contributed by atoms with Gasteiger partial charge in [0.05, 0.1) is 32.6 Å². The number of ether oxygens (including phenoxy) is 3. The quantitative estimate of drug-likeness (QED) is 0.659. The summed E-state index contributed by atoms with van der Waals surface area (Å²) in [6.45, 7) is 5.98. The predicted molar refractivity (Wildman–Crippen MR) is 114 cm³/mol. The Morgan fingerprint density at radius 3 is 2.24 bits per heavy atom. The Labute approximate surface area is 171 Å². The Morgan fingerprint density at radius 2 is 1.62 bits per heavy atom. The first-order chi connectivity index (χ1) is 13.9. The second-order valence-electron chi connectivity index (χ2n) is 6.80. The van der Waals surface area contributed by atoms with Crippen LogP contribution in [0, 0.1) is 20.8 Å². The molecule has 1 N–H and O–H groups in total. The molecular formula is C23H26N2O4. The number of aryl methyl sites for hydroxylation is 2. The summed E-state index contributed by atoms with van der Waals surface area (Å²) in [4.78, 5) is 13.1. The van der Waals surface area contributed by atoms with E-state index in [-0.39, 0.29) is 5.91 Å². The summed E-state index contributed by atoms with van der Waals surface area (Å²) in [5.74, 6) is 1.15. The lowest BCUT2D eigenvalue weighted by Gasteiger charge is -2.16. The maximum absolute atomic E-state index is 13.1.